The van der Waals surface area contributed by atoms with Gasteiger partial charge in [0.25, 0.3) is 0 Å². The fourth-order valence-electron chi connectivity index (χ4n) is 2.31. The SMILES string of the molecule is CNCc1cc(Br)cc(C)c1OCCN1CCNC1=O. The van der Waals surface area contributed by atoms with E-state index >= 15 is 0 Å². The molecule has 6 heteroatoms. The maximum absolute atomic E-state index is 11.4. The lowest BCUT2D eigenvalue weighted by atomic mass is 10.1. The van der Waals surface area contributed by atoms with Crippen molar-refractivity contribution in [3.8, 4) is 5.75 Å². The number of amides is 2. The monoisotopic (exact) mass is 341 g/mol. The van der Waals surface area contributed by atoms with Gasteiger partial charge in [-0.3, -0.25) is 0 Å². The van der Waals surface area contributed by atoms with E-state index in [2.05, 4.69) is 32.6 Å². The molecule has 0 bridgehead atoms. The summed E-state index contributed by atoms with van der Waals surface area (Å²) >= 11 is 3.50. The second kappa shape index (κ2) is 6.95. The fourth-order valence-corrected chi connectivity index (χ4v) is 2.93. The number of nitrogens with zero attached hydrogens (tertiary/aromatic N) is 1. The van der Waals surface area contributed by atoms with Crippen molar-refractivity contribution >= 4 is 22.0 Å². The van der Waals surface area contributed by atoms with Crippen LogP contribution in [0.4, 0.5) is 4.79 Å². The van der Waals surface area contributed by atoms with Crippen molar-refractivity contribution in [2.45, 2.75) is 13.5 Å². The smallest absolute Gasteiger partial charge is 0.317 e. The minimum absolute atomic E-state index is 0.00317. The summed E-state index contributed by atoms with van der Waals surface area (Å²) in [5.41, 5.74) is 2.21. The molecule has 1 aromatic carbocycles. The zero-order valence-electron chi connectivity index (χ0n) is 11.8. The van der Waals surface area contributed by atoms with Crippen molar-refractivity contribution in [2.75, 3.05) is 33.3 Å². The molecule has 1 aromatic rings. The van der Waals surface area contributed by atoms with Gasteiger partial charge in [-0.2, -0.15) is 0 Å². The van der Waals surface area contributed by atoms with E-state index in [1.165, 1.54) is 0 Å². The third kappa shape index (κ3) is 3.64. The van der Waals surface area contributed by atoms with Crippen molar-refractivity contribution in [2.24, 2.45) is 0 Å². The molecule has 0 radical (unpaired) electrons. The Morgan fingerprint density at radius 2 is 2.30 bits per heavy atom. The predicted molar refractivity (Wildman–Crippen MR) is 82.1 cm³/mol. The maximum Gasteiger partial charge on any atom is 0.317 e. The molecule has 110 valence electrons. The topological polar surface area (TPSA) is 53.6 Å². The number of ether oxygens (including phenoxy) is 1. The van der Waals surface area contributed by atoms with Gasteiger partial charge in [0.05, 0.1) is 6.54 Å². The molecule has 0 unspecified atom stereocenters. The van der Waals surface area contributed by atoms with Crippen molar-refractivity contribution in [3.05, 3.63) is 27.7 Å². The van der Waals surface area contributed by atoms with Gasteiger partial charge in [0, 0.05) is 29.7 Å². The molecule has 1 aliphatic rings. The fraction of sp³-hybridized carbons (Fsp3) is 0.500. The van der Waals surface area contributed by atoms with Crippen LogP contribution in [-0.2, 0) is 6.54 Å². The van der Waals surface area contributed by atoms with E-state index in [1.54, 1.807) is 4.90 Å². The average molecular weight is 342 g/mol. The second-order valence-electron chi connectivity index (χ2n) is 4.81. The summed E-state index contributed by atoms with van der Waals surface area (Å²) in [7, 11) is 1.91. The third-order valence-corrected chi connectivity index (χ3v) is 3.69. The van der Waals surface area contributed by atoms with E-state index in [9.17, 15) is 4.79 Å². The largest absolute Gasteiger partial charge is 0.491 e. The quantitative estimate of drug-likeness (QED) is 0.830. The van der Waals surface area contributed by atoms with Gasteiger partial charge in [0.15, 0.2) is 0 Å². The van der Waals surface area contributed by atoms with E-state index in [0.717, 1.165) is 41.0 Å². The Balaban J connectivity index is 1.99. The number of hydrogen-bond donors (Lipinski definition) is 2. The van der Waals surface area contributed by atoms with E-state index in [1.807, 2.05) is 20.0 Å². The maximum atomic E-state index is 11.4. The molecule has 1 saturated heterocycles. The van der Waals surface area contributed by atoms with Crippen LogP contribution in [0, 0.1) is 6.92 Å². The van der Waals surface area contributed by atoms with Gasteiger partial charge >= 0.3 is 6.03 Å². The summed E-state index contributed by atoms with van der Waals surface area (Å²) in [6.07, 6.45) is 0. The highest BCUT2D eigenvalue weighted by Crippen LogP contribution is 2.28. The number of benzene rings is 1. The first kappa shape index (κ1) is 15.1. The Bertz CT molecular complexity index is 494. The summed E-state index contributed by atoms with van der Waals surface area (Å²) in [6, 6.07) is 4.09. The molecule has 2 N–H and O–H groups in total. The Morgan fingerprint density at radius 1 is 1.50 bits per heavy atom. The lowest BCUT2D eigenvalue weighted by Gasteiger charge is -2.18. The summed E-state index contributed by atoms with van der Waals surface area (Å²) in [6.45, 7) is 5.38. The lowest BCUT2D eigenvalue weighted by Crippen LogP contribution is -2.32. The van der Waals surface area contributed by atoms with Gasteiger partial charge in [0.2, 0.25) is 0 Å². The Kier molecular flexibility index (Phi) is 5.25. The van der Waals surface area contributed by atoms with Crippen LogP contribution in [0.25, 0.3) is 0 Å². The van der Waals surface area contributed by atoms with E-state index in [-0.39, 0.29) is 6.03 Å². The first-order valence-electron chi connectivity index (χ1n) is 6.71. The first-order valence-corrected chi connectivity index (χ1v) is 7.50. The minimum atomic E-state index is -0.00317. The lowest BCUT2D eigenvalue weighted by molar-refractivity contribution is 0.202. The van der Waals surface area contributed by atoms with Crippen LogP contribution in [0.3, 0.4) is 0 Å². The number of aryl methyl sites for hydroxylation is 1. The van der Waals surface area contributed by atoms with E-state index in [0.29, 0.717) is 13.2 Å². The van der Waals surface area contributed by atoms with Crippen LogP contribution in [-0.4, -0.2) is 44.2 Å². The number of rotatable bonds is 6. The summed E-state index contributed by atoms with van der Waals surface area (Å²) in [4.78, 5) is 13.2. The Hall–Kier alpha value is -1.27. The van der Waals surface area contributed by atoms with Crippen LogP contribution in [0.2, 0.25) is 0 Å². The zero-order chi connectivity index (χ0) is 14.5. The van der Waals surface area contributed by atoms with Gasteiger partial charge < -0.3 is 20.3 Å². The van der Waals surface area contributed by atoms with Crippen LogP contribution in [0.15, 0.2) is 16.6 Å². The normalized spacial score (nSPS) is 14.6. The molecule has 0 atom stereocenters. The standard InChI is InChI=1S/C14H20BrN3O2/c1-10-7-12(15)8-11(9-16-2)13(10)20-6-5-18-4-3-17-14(18)19/h7-8,16H,3-6,9H2,1-2H3,(H,17,19). The molecule has 0 aromatic heterocycles. The molecule has 5 nitrogen and oxygen atoms in total. The zero-order valence-corrected chi connectivity index (χ0v) is 13.4. The number of nitrogens with one attached hydrogen (secondary N) is 2. The number of carbonyl (C=O) groups is 1. The van der Waals surface area contributed by atoms with Gasteiger partial charge in [-0.05, 0) is 31.7 Å². The molecule has 2 rings (SSSR count). The highest BCUT2D eigenvalue weighted by Gasteiger charge is 2.19. The molecule has 0 spiro atoms. The summed E-state index contributed by atoms with van der Waals surface area (Å²) in [5.74, 6) is 0.905. The van der Waals surface area contributed by atoms with E-state index < -0.39 is 0 Å². The molecule has 0 saturated carbocycles. The predicted octanol–water partition coefficient (Wildman–Crippen LogP) is 1.88. The van der Waals surface area contributed by atoms with Crippen LogP contribution >= 0.6 is 15.9 Å². The third-order valence-electron chi connectivity index (χ3n) is 3.24. The molecule has 2 amide bonds. The summed E-state index contributed by atoms with van der Waals surface area (Å²) in [5, 5.41) is 5.93. The Labute approximate surface area is 127 Å². The van der Waals surface area contributed by atoms with Crippen molar-refractivity contribution in [1.29, 1.82) is 0 Å². The van der Waals surface area contributed by atoms with Crippen LogP contribution in [0.5, 0.6) is 5.75 Å². The van der Waals surface area contributed by atoms with Gasteiger partial charge in [-0.15, -0.1) is 0 Å². The second-order valence-corrected chi connectivity index (χ2v) is 5.72. The molecule has 1 heterocycles. The van der Waals surface area contributed by atoms with E-state index in [4.69, 9.17) is 4.74 Å². The van der Waals surface area contributed by atoms with Crippen LogP contribution in [0.1, 0.15) is 11.1 Å². The number of hydrogen-bond acceptors (Lipinski definition) is 3. The van der Waals surface area contributed by atoms with Crippen molar-refractivity contribution in [3.63, 3.8) is 0 Å². The highest BCUT2D eigenvalue weighted by atomic mass is 79.9. The van der Waals surface area contributed by atoms with Crippen molar-refractivity contribution < 1.29 is 9.53 Å². The highest BCUT2D eigenvalue weighted by molar-refractivity contribution is 9.10. The van der Waals surface area contributed by atoms with Gasteiger partial charge in [-0.25, -0.2) is 4.79 Å². The number of halogens is 1. The number of carbonyl (C=O) groups excluding carboxylic acids is 1. The molecule has 1 aliphatic heterocycles. The summed E-state index contributed by atoms with van der Waals surface area (Å²) < 4.78 is 6.95. The molecular formula is C14H20BrN3O2. The molecule has 20 heavy (non-hydrogen) atoms. The molecule has 0 aliphatic carbocycles. The Morgan fingerprint density at radius 3 is 2.95 bits per heavy atom. The van der Waals surface area contributed by atoms with Gasteiger partial charge in [0.1, 0.15) is 12.4 Å². The minimum Gasteiger partial charge on any atom is -0.491 e. The van der Waals surface area contributed by atoms with Crippen molar-refractivity contribution in [1.82, 2.24) is 15.5 Å². The van der Waals surface area contributed by atoms with Crippen LogP contribution < -0.4 is 15.4 Å². The molecular weight excluding hydrogens is 322 g/mol. The number of urea groups is 1. The first-order chi connectivity index (χ1) is 9.61. The average Bonchev–Trinajstić information content (AvgIpc) is 2.78. The van der Waals surface area contributed by atoms with Gasteiger partial charge in [-0.1, -0.05) is 15.9 Å². The molecule has 1 fully saturated rings.